The van der Waals surface area contributed by atoms with Crippen molar-refractivity contribution in [2.45, 2.75) is 29.6 Å². The first kappa shape index (κ1) is 16.7. The second kappa shape index (κ2) is 7.15. The molecule has 1 amide bonds. The zero-order valence-electron chi connectivity index (χ0n) is 13.1. The van der Waals surface area contributed by atoms with Crippen LogP contribution in [0.15, 0.2) is 59.5 Å². The fourth-order valence-electron chi connectivity index (χ4n) is 2.68. The molecule has 1 atom stereocenters. The highest BCUT2D eigenvalue weighted by Crippen LogP contribution is 2.20. The second-order valence-corrected chi connectivity index (χ2v) is 7.75. The molecule has 3 rings (SSSR count). The molecule has 0 bridgehead atoms. The molecule has 1 fully saturated rings. The first-order valence-electron chi connectivity index (χ1n) is 7.84. The van der Waals surface area contributed by atoms with E-state index in [4.69, 9.17) is 4.74 Å². The maximum atomic E-state index is 12.4. The van der Waals surface area contributed by atoms with E-state index in [0.29, 0.717) is 29.2 Å². The van der Waals surface area contributed by atoms with Gasteiger partial charge in [-0.3, -0.25) is 4.79 Å². The molecular formula is C18H19NO4S. The van der Waals surface area contributed by atoms with Gasteiger partial charge >= 0.3 is 0 Å². The summed E-state index contributed by atoms with van der Waals surface area (Å²) in [4.78, 5) is 12.4. The van der Waals surface area contributed by atoms with Crippen molar-refractivity contribution in [1.29, 1.82) is 0 Å². The summed E-state index contributed by atoms with van der Waals surface area (Å²) < 4.78 is 30.2. The van der Waals surface area contributed by atoms with Gasteiger partial charge in [-0.05, 0) is 42.7 Å². The molecule has 1 aliphatic heterocycles. The largest absolute Gasteiger partial charge is 0.368 e. The van der Waals surface area contributed by atoms with Crippen LogP contribution in [0.5, 0.6) is 0 Å². The number of carbonyl (C=O) groups excluding carboxylic acids is 1. The van der Waals surface area contributed by atoms with Gasteiger partial charge in [0.2, 0.25) is 0 Å². The Morgan fingerprint density at radius 2 is 1.92 bits per heavy atom. The van der Waals surface area contributed by atoms with Gasteiger partial charge in [0, 0.05) is 12.3 Å². The maximum Gasteiger partial charge on any atom is 0.253 e. The topological polar surface area (TPSA) is 72.5 Å². The van der Waals surface area contributed by atoms with E-state index >= 15 is 0 Å². The molecular weight excluding hydrogens is 326 g/mol. The fraction of sp³-hybridized carbons (Fsp3) is 0.278. The Labute approximate surface area is 141 Å². The van der Waals surface area contributed by atoms with Crippen LogP contribution in [0.2, 0.25) is 0 Å². The summed E-state index contributed by atoms with van der Waals surface area (Å²) in [6.45, 7) is 0.605. The quantitative estimate of drug-likeness (QED) is 0.904. The summed E-state index contributed by atoms with van der Waals surface area (Å²) in [5.41, 5.74) is 1.21. The van der Waals surface area contributed by atoms with Gasteiger partial charge in [-0.25, -0.2) is 8.42 Å². The number of hydrogen-bond donors (Lipinski definition) is 1. The van der Waals surface area contributed by atoms with Crippen LogP contribution in [0.1, 0.15) is 18.4 Å². The third-order valence-corrected chi connectivity index (χ3v) is 5.58. The predicted molar refractivity (Wildman–Crippen MR) is 91.4 cm³/mol. The number of benzene rings is 2. The van der Waals surface area contributed by atoms with Crippen LogP contribution in [0.4, 0.5) is 5.69 Å². The van der Waals surface area contributed by atoms with Crippen LogP contribution in [-0.2, 0) is 25.1 Å². The number of nitrogens with one attached hydrogen (secondary N) is 1. The van der Waals surface area contributed by atoms with Gasteiger partial charge < -0.3 is 10.1 Å². The summed E-state index contributed by atoms with van der Waals surface area (Å²) in [6, 6.07) is 15.2. The SMILES string of the molecule is O=C(Nc1cccc(CS(=O)(=O)c2ccccc2)c1)[C@@H]1CCCO1. The fourth-order valence-corrected chi connectivity index (χ4v) is 4.03. The van der Waals surface area contributed by atoms with E-state index in [1.54, 1.807) is 54.6 Å². The lowest BCUT2D eigenvalue weighted by atomic mass is 10.2. The Bertz CT molecular complexity index is 812. The van der Waals surface area contributed by atoms with Gasteiger partial charge in [0.1, 0.15) is 6.10 Å². The highest BCUT2D eigenvalue weighted by molar-refractivity contribution is 7.90. The molecule has 6 heteroatoms. The van der Waals surface area contributed by atoms with E-state index < -0.39 is 15.9 Å². The average molecular weight is 345 g/mol. The Morgan fingerprint density at radius 1 is 1.12 bits per heavy atom. The molecule has 0 aliphatic carbocycles. The summed E-state index contributed by atoms with van der Waals surface area (Å²) in [5.74, 6) is -0.295. The maximum absolute atomic E-state index is 12.4. The zero-order valence-corrected chi connectivity index (χ0v) is 14.0. The third-order valence-electron chi connectivity index (χ3n) is 3.88. The van der Waals surface area contributed by atoms with E-state index in [1.165, 1.54) is 0 Å². The van der Waals surface area contributed by atoms with Crippen LogP contribution in [-0.4, -0.2) is 27.0 Å². The average Bonchev–Trinajstić information content (AvgIpc) is 3.10. The van der Waals surface area contributed by atoms with E-state index in [2.05, 4.69) is 5.32 Å². The minimum absolute atomic E-state index is 0.110. The van der Waals surface area contributed by atoms with Crippen molar-refractivity contribution in [3.05, 3.63) is 60.2 Å². The normalized spacial score (nSPS) is 17.6. The lowest BCUT2D eigenvalue weighted by Crippen LogP contribution is -2.26. The smallest absolute Gasteiger partial charge is 0.253 e. The standard InChI is InChI=1S/C18H19NO4S/c20-18(17-10-5-11-23-17)19-15-7-4-6-14(12-15)13-24(21,22)16-8-2-1-3-9-16/h1-4,6-9,12,17H,5,10-11,13H2,(H,19,20)/t17-/m0/s1. The summed E-state index contributed by atoms with van der Waals surface area (Å²) in [5, 5.41) is 2.79. The van der Waals surface area contributed by atoms with Crippen molar-refractivity contribution in [1.82, 2.24) is 0 Å². The molecule has 2 aromatic carbocycles. The van der Waals surface area contributed by atoms with Gasteiger partial charge in [-0.15, -0.1) is 0 Å². The minimum atomic E-state index is -3.41. The van der Waals surface area contributed by atoms with Crippen molar-refractivity contribution < 1.29 is 17.9 Å². The number of sulfone groups is 1. The number of ether oxygens (including phenoxy) is 1. The molecule has 0 radical (unpaired) electrons. The first-order chi connectivity index (χ1) is 11.5. The number of carbonyl (C=O) groups is 1. The Balaban J connectivity index is 1.72. The second-order valence-electron chi connectivity index (χ2n) is 5.76. The third kappa shape index (κ3) is 4.01. The molecule has 0 aromatic heterocycles. The van der Waals surface area contributed by atoms with Crippen molar-refractivity contribution >= 4 is 21.4 Å². The predicted octanol–water partition coefficient (Wildman–Crippen LogP) is 2.78. The molecule has 1 heterocycles. The summed E-state index contributed by atoms with van der Waals surface area (Å²) >= 11 is 0. The minimum Gasteiger partial charge on any atom is -0.368 e. The van der Waals surface area contributed by atoms with Crippen molar-refractivity contribution in [3.8, 4) is 0 Å². The highest BCUT2D eigenvalue weighted by Gasteiger charge is 2.23. The number of rotatable bonds is 5. The van der Waals surface area contributed by atoms with Crippen LogP contribution in [0.3, 0.4) is 0 Å². The van der Waals surface area contributed by atoms with E-state index in [-0.39, 0.29) is 11.7 Å². The van der Waals surface area contributed by atoms with Crippen LogP contribution < -0.4 is 5.32 Å². The van der Waals surface area contributed by atoms with Gasteiger partial charge in [-0.2, -0.15) is 0 Å². The number of anilines is 1. The van der Waals surface area contributed by atoms with Crippen molar-refractivity contribution in [3.63, 3.8) is 0 Å². The first-order valence-corrected chi connectivity index (χ1v) is 9.49. The van der Waals surface area contributed by atoms with Crippen LogP contribution >= 0.6 is 0 Å². The van der Waals surface area contributed by atoms with E-state index in [1.807, 2.05) is 0 Å². The van der Waals surface area contributed by atoms with E-state index in [9.17, 15) is 13.2 Å². The van der Waals surface area contributed by atoms with Crippen LogP contribution in [0.25, 0.3) is 0 Å². The Hall–Kier alpha value is -2.18. The molecule has 5 nitrogen and oxygen atoms in total. The van der Waals surface area contributed by atoms with Gasteiger partial charge in [-0.1, -0.05) is 30.3 Å². The highest BCUT2D eigenvalue weighted by atomic mass is 32.2. The summed E-state index contributed by atoms with van der Waals surface area (Å²) in [6.07, 6.45) is 1.18. The summed E-state index contributed by atoms with van der Waals surface area (Å²) in [7, 11) is -3.41. The lowest BCUT2D eigenvalue weighted by molar-refractivity contribution is -0.124. The van der Waals surface area contributed by atoms with Gasteiger partial charge in [0.05, 0.1) is 10.6 Å². The molecule has 126 valence electrons. The number of amides is 1. The molecule has 0 unspecified atom stereocenters. The lowest BCUT2D eigenvalue weighted by Gasteiger charge is -2.11. The van der Waals surface area contributed by atoms with Gasteiger partial charge in [0.15, 0.2) is 9.84 Å². The molecule has 1 aliphatic rings. The van der Waals surface area contributed by atoms with E-state index in [0.717, 1.165) is 6.42 Å². The van der Waals surface area contributed by atoms with Crippen LogP contribution in [0, 0.1) is 0 Å². The Morgan fingerprint density at radius 3 is 2.62 bits per heavy atom. The zero-order chi connectivity index (χ0) is 17.0. The molecule has 2 aromatic rings. The molecule has 1 saturated heterocycles. The monoisotopic (exact) mass is 345 g/mol. The number of hydrogen-bond acceptors (Lipinski definition) is 4. The van der Waals surface area contributed by atoms with Crippen molar-refractivity contribution in [2.75, 3.05) is 11.9 Å². The molecule has 24 heavy (non-hydrogen) atoms. The Kier molecular flexibility index (Phi) is 4.97. The molecule has 1 N–H and O–H groups in total. The van der Waals surface area contributed by atoms with Crippen molar-refractivity contribution in [2.24, 2.45) is 0 Å². The molecule has 0 saturated carbocycles. The van der Waals surface area contributed by atoms with Gasteiger partial charge in [0.25, 0.3) is 5.91 Å². The molecule has 0 spiro atoms.